The maximum Gasteiger partial charge on any atom is 0.229 e. The number of carbonyl (C=O) groups is 1. The van der Waals surface area contributed by atoms with Crippen LogP contribution in [-0.2, 0) is 11.2 Å². The average Bonchev–Trinajstić information content (AvgIpc) is 2.99. The van der Waals surface area contributed by atoms with Crippen LogP contribution in [0.2, 0.25) is 0 Å². The number of carbonyl (C=O) groups excluding carboxylic acids is 1. The molecule has 3 aliphatic rings. The number of hydrogen-bond acceptors (Lipinski definition) is 4. The summed E-state index contributed by atoms with van der Waals surface area (Å²) in [5.41, 5.74) is 1.07. The Hall–Kier alpha value is -1.65. The molecule has 1 aromatic rings. The lowest BCUT2D eigenvalue weighted by Crippen LogP contribution is -2.47. The van der Waals surface area contributed by atoms with Crippen molar-refractivity contribution in [3.8, 4) is 0 Å². The van der Waals surface area contributed by atoms with Crippen molar-refractivity contribution in [3.63, 3.8) is 0 Å². The van der Waals surface area contributed by atoms with Gasteiger partial charge in [-0.3, -0.25) is 4.79 Å². The molecule has 0 aromatic carbocycles. The molecule has 0 atom stereocenters. The van der Waals surface area contributed by atoms with Crippen molar-refractivity contribution in [2.24, 2.45) is 5.41 Å². The number of amides is 1. The summed E-state index contributed by atoms with van der Waals surface area (Å²) < 4.78 is 0. The second-order valence-corrected chi connectivity index (χ2v) is 8.05. The number of aryl methyl sites for hydroxylation is 1. The molecule has 2 aliphatic heterocycles. The molecule has 0 radical (unpaired) electrons. The predicted octanol–water partition coefficient (Wildman–Crippen LogP) is 3.19. The van der Waals surface area contributed by atoms with Crippen molar-refractivity contribution in [2.45, 2.75) is 70.8 Å². The molecule has 0 unspecified atom stereocenters. The number of hydrogen-bond donors (Lipinski definition) is 0. The summed E-state index contributed by atoms with van der Waals surface area (Å²) in [6.07, 6.45) is 14.1. The first kappa shape index (κ1) is 16.8. The predicted molar refractivity (Wildman–Crippen MR) is 98.5 cm³/mol. The minimum atomic E-state index is -0.0999. The van der Waals surface area contributed by atoms with Crippen LogP contribution in [0.3, 0.4) is 0 Å². The summed E-state index contributed by atoms with van der Waals surface area (Å²) in [6, 6.07) is 0.517. The molecule has 1 saturated carbocycles. The van der Waals surface area contributed by atoms with E-state index >= 15 is 0 Å². The summed E-state index contributed by atoms with van der Waals surface area (Å²) in [7, 11) is 0. The quantitative estimate of drug-likeness (QED) is 0.846. The van der Waals surface area contributed by atoms with Gasteiger partial charge in [0.25, 0.3) is 0 Å². The zero-order chi connectivity index (χ0) is 17.3. The van der Waals surface area contributed by atoms with Gasteiger partial charge in [0.15, 0.2) is 0 Å². The monoisotopic (exact) mass is 342 g/mol. The van der Waals surface area contributed by atoms with Crippen LogP contribution >= 0.6 is 0 Å². The SMILES string of the molecule is CCc1cnc(N2CCC3(CC2)CCN(C2CCCCC2)C3=O)nc1. The standard InChI is InChI=1S/C20H30N4O/c1-2-16-14-21-19(22-15-16)23-11-8-20(9-12-23)10-13-24(18(20)25)17-6-4-3-5-7-17/h14-15,17H,2-13H2,1H3. The fourth-order valence-electron chi connectivity index (χ4n) is 4.88. The third-order valence-electron chi connectivity index (χ3n) is 6.66. The topological polar surface area (TPSA) is 49.3 Å². The first-order valence-corrected chi connectivity index (χ1v) is 10.1. The van der Waals surface area contributed by atoms with Gasteiger partial charge in [-0.2, -0.15) is 0 Å². The Morgan fingerprint density at radius 3 is 2.32 bits per heavy atom. The van der Waals surface area contributed by atoms with Crippen LogP contribution in [-0.4, -0.2) is 46.5 Å². The molecule has 5 heteroatoms. The van der Waals surface area contributed by atoms with E-state index in [0.717, 1.165) is 51.3 Å². The molecule has 1 aliphatic carbocycles. The molecule has 4 rings (SSSR count). The van der Waals surface area contributed by atoms with Gasteiger partial charge in [0, 0.05) is 38.1 Å². The molecule has 1 amide bonds. The Kier molecular flexibility index (Phi) is 4.65. The number of aromatic nitrogens is 2. The van der Waals surface area contributed by atoms with Crippen LogP contribution in [0.15, 0.2) is 12.4 Å². The molecule has 5 nitrogen and oxygen atoms in total. The van der Waals surface area contributed by atoms with Gasteiger partial charge >= 0.3 is 0 Å². The van der Waals surface area contributed by atoms with E-state index in [2.05, 4.69) is 26.7 Å². The first-order chi connectivity index (χ1) is 12.2. The lowest BCUT2D eigenvalue weighted by molar-refractivity contribution is -0.139. The van der Waals surface area contributed by atoms with Crippen molar-refractivity contribution in [1.82, 2.24) is 14.9 Å². The van der Waals surface area contributed by atoms with Crippen LogP contribution in [0.4, 0.5) is 5.95 Å². The van der Waals surface area contributed by atoms with E-state index in [1.165, 1.54) is 37.7 Å². The molecular formula is C20H30N4O. The van der Waals surface area contributed by atoms with Crippen molar-refractivity contribution >= 4 is 11.9 Å². The van der Waals surface area contributed by atoms with Gasteiger partial charge in [0.1, 0.15) is 0 Å². The van der Waals surface area contributed by atoms with E-state index in [9.17, 15) is 4.79 Å². The van der Waals surface area contributed by atoms with Crippen molar-refractivity contribution in [1.29, 1.82) is 0 Å². The molecule has 0 bridgehead atoms. The minimum Gasteiger partial charge on any atom is -0.341 e. The van der Waals surface area contributed by atoms with Crippen molar-refractivity contribution in [2.75, 3.05) is 24.5 Å². The number of nitrogens with zero attached hydrogens (tertiary/aromatic N) is 4. The van der Waals surface area contributed by atoms with Gasteiger partial charge in [-0.05, 0) is 44.1 Å². The van der Waals surface area contributed by atoms with Crippen molar-refractivity contribution in [3.05, 3.63) is 18.0 Å². The molecule has 3 fully saturated rings. The van der Waals surface area contributed by atoms with E-state index in [1.54, 1.807) is 0 Å². The highest BCUT2D eigenvalue weighted by atomic mass is 16.2. The molecule has 1 spiro atoms. The van der Waals surface area contributed by atoms with Crippen LogP contribution in [0.5, 0.6) is 0 Å². The number of rotatable bonds is 3. The van der Waals surface area contributed by atoms with Gasteiger partial charge in [-0.25, -0.2) is 9.97 Å². The molecular weight excluding hydrogens is 312 g/mol. The Balaban J connectivity index is 1.39. The summed E-state index contributed by atoms with van der Waals surface area (Å²) in [6.45, 7) is 4.89. The van der Waals surface area contributed by atoms with Crippen LogP contribution in [0, 0.1) is 5.41 Å². The fraction of sp³-hybridized carbons (Fsp3) is 0.750. The highest BCUT2D eigenvalue weighted by Crippen LogP contribution is 2.44. The number of piperidine rings is 1. The maximum atomic E-state index is 13.2. The Morgan fingerprint density at radius 1 is 1.04 bits per heavy atom. The molecule has 1 aromatic heterocycles. The molecule has 0 N–H and O–H groups in total. The Labute approximate surface area is 150 Å². The third kappa shape index (κ3) is 3.13. The molecule has 3 heterocycles. The van der Waals surface area contributed by atoms with Crippen LogP contribution in [0.25, 0.3) is 0 Å². The second kappa shape index (κ2) is 6.93. The smallest absolute Gasteiger partial charge is 0.229 e. The maximum absolute atomic E-state index is 13.2. The van der Waals surface area contributed by atoms with Crippen LogP contribution in [0.1, 0.15) is 63.9 Å². The summed E-state index contributed by atoms with van der Waals surface area (Å²) in [5, 5.41) is 0. The van der Waals surface area contributed by atoms with Gasteiger partial charge in [-0.1, -0.05) is 26.2 Å². The van der Waals surface area contributed by atoms with Gasteiger partial charge < -0.3 is 9.80 Å². The zero-order valence-corrected chi connectivity index (χ0v) is 15.4. The summed E-state index contributed by atoms with van der Waals surface area (Å²) in [5.74, 6) is 1.27. The molecule has 25 heavy (non-hydrogen) atoms. The highest BCUT2D eigenvalue weighted by molar-refractivity contribution is 5.85. The Bertz CT molecular complexity index is 601. The van der Waals surface area contributed by atoms with E-state index in [1.807, 2.05) is 12.4 Å². The lowest BCUT2D eigenvalue weighted by Gasteiger charge is -2.39. The van der Waals surface area contributed by atoms with E-state index < -0.39 is 0 Å². The van der Waals surface area contributed by atoms with Gasteiger partial charge in [0.2, 0.25) is 11.9 Å². The first-order valence-electron chi connectivity index (χ1n) is 10.1. The second-order valence-electron chi connectivity index (χ2n) is 8.05. The largest absolute Gasteiger partial charge is 0.341 e. The lowest BCUT2D eigenvalue weighted by atomic mass is 9.77. The molecule has 136 valence electrons. The number of anilines is 1. The fourth-order valence-corrected chi connectivity index (χ4v) is 4.88. The van der Waals surface area contributed by atoms with Crippen LogP contribution < -0.4 is 4.90 Å². The normalized spacial score (nSPS) is 24.3. The zero-order valence-electron chi connectivity index (χ0n) is 15.4. The molecule has 2 saturated heterocycles. The van der Waals surface area contributed by atoms with Crippen molar-refractivity contribution < 1.29 is 4.79 Å². The third-order valence-corrected chi connectivity index (χ3v) is 6.66. The van der Waals surface area contributed by atoms with E-state index in [4.69, 9.17) is 0 Å². The summed E-state index contributed by atoms with van der Waals surface area (Å²) >= 11 is 0. The highest BCUT2D eigenvalue weighted by Gasteiger charge is 2.49. The number of likely N-dealkylation sites (tertiary alicyclic amines) is 1. The summed E-state index contributed by atoms with van der Waals surface area (Å²) in [4.78, 5) is 26.7. The van der Waals surface area contributed by atoms with Gasteiger partial charge in [-0.15, -0.1) is 0 Å². The Morgan fingerprint density at radius 2 is 1.68 bits per heavy atom. The van der Waals surface area contributed by atoms with E-state index in [-0.39, 0.29) is 5.41 Å². The average molecular weight is 342 g/mol. The minimum absolute atomic E-state index is 0.0999. The van der Waals surface area contributed by atoms with E-state index in [0.29, 0.717) is 11.9 Å². The van der Waals surface area contributed by atoms with Gasteiger partial charge in [0.05, 0.1) is 5.41 Å².